The van der Waals surface area contributed by atoms with Crippen LogP contribution < -0.4 is 14.4 Å². The number of ether oxygens (including phenoxy) is 2. The summed E-state index contributed by atoms with van der Waals surface area (Å²) in [6.45, 7) is 0.0412. The molecule has 10 nitrogen and oxygen atoms in total. The van der Waals surface area contributed by atoms with Gasteiger partial charge in [0.2, 0.25) is 6.79 Å². The fourth-order valence-corrected chi connectivity index (χ4v) is 4.98. The molecule has 0 bridgehead atoms. The molecule has 0 aromatic heterocycles. The number of benzene rings is 3. The maximum atomic E-state index is 13.5. The van der Waals surface area contributed by atoms with Crippen molar-refractivity contribution in [2.24, 2.45) is 0 Å². The van der Waals surface area contributed by atoms with Crippen molar-refractivity contribution in [3.63, 3.8) is 0 Å². The van der Waals surface area contributed by atoms with Gasteiger partial charge in [-0.15, -0.1) is 0 Å². The van der Waals surface area contributed by atoms with Gasteiger partial charge in [0.25, 0.3) is 23.4 Å². The standard InChI is InChI=1S/C24H13Cl2N3O7/c25-16-5-3-12(9-17(16)26)27-20(11-1-6-18-19(7-11)36-10-35-18)21(24(27)32)28-22(30)14-4-2-13(29(33)34)8-15(14)23(28)31/h1-9,20-21H,10H2/t20-,21+/m0/s1. The Morgan fingerprint density at radius 2 is 1.56 bits per heavy atom. The highest BCUT2D eigenvalue weighted by molar-refractivity contribution is 6.42. The van der Waals surface area contributed by atoms with Crippen LogP contribution in [0, 0.1) is 10.1 Å². The van der Waals surface area contributed by atoms with Crippen molar-refractivity contribution < 1.29 is 28.8 Å². The van der Waals surface area contributed by atoms with Crippen molar-refractivity contribution in [1.29, 1.82) is 0 Å². The van der Waals surface area contributed by atoms with Gasteiger partial charge in [0.1, 0.15) is 6.04 Å². The summed E-state index contributed by atoms with van der Waals surface area (Å²) in [4.78, 5) is 52.9. The van der Waals surface area contributed by atoms with E-state index in [2.05, 4.69) is 0 Å². The molecule has 3 heterocycles. The zero-order chi connectivity index (χ0) is 25.3. The average Bonchev–Trinajstić information content (AvgIpc) is 3.42. The summed E-state index contributed by atoms with van der Waals surface area (Å²) in [5.74, 6) is -1.04. The zero-order valence-electron chi connectivity index (χ0n) is 18.0. The highest BCUT2D eigenvalue weighted by Crippen LogP contribution is 2.47. The first kappa shape index (κ1) is 22.3. The van der Waals surface area contributed by atoms with E-state index >= 15 is 0 Å². The highest BCUT2D eigenvalue weighted by atomic mass is 35.5. The van der Waals surface area contributed by atoms with E-state index in [1.54, 1.807) is 24.3 Å². The van der Waals surface area contributed by atoms with Crippen LogP contribution in [-0.2, 0) is 4.79 Å². The molecule has 3 aromatic rings. The van der Waals surface area contributed by atoms with Gasteiger partial charge in [-0.1, -0.05) is 29.3 Å². The maximum Gasteiger partial charge on any atom is 0.270 e. The summed E-state index contributed by atoms with van der Waals surface area (Å²) < 4.78 is 10.8. The number of β-lactam (4-membered cyclic amide) rings is 1. The predicted octanol–water partition coefficient (Wildman–Crippen LogP) is 4.38. The van der Waals surface area contributed by atoms with Gasteiger partial charge >= 0.3 is 0 Å². The minimum Gasteiger partial charge on any atom is -0.454 e. The Kier molecular flexibility index (Phi) is 4.92. The number of halogens is 2. The lowest BCUT2D eigenvalue weighted by molar-refractivity contribution is -0.384. The normalized spacial score (nSPS) is 20.0. The fraction of sp³-hybridized carbons (Fsp3) is 0.125. The van der Waals surface area contributed by atoms with Crippen LogP contribution in [0.2, 0.25) is 10.0 Å². The molecule has 0 radical (unpaired) electrons. The van der Waals surface area contributed by atoms with Crippen LogP contribution in [0.15, 0.2) is 54.6 Å². The van der Waals surface area contributed by atoms with Crippen LogP contribution in [0.1, 0.15) is 32.3 Å². The predicted molar refractivity (Wildman–Crippen MR) is 127 cm³/mol. The van der Waals surface area contributed by atoms with E-state index in [1.165, 1.54) is 23.1 Å². The van der Waals surface area contributed by atoms with Crippen LogP contribution in [0.3, 0.4) is 0 Å². The number of carbonyl (C=O) groups excluding carboxylic acids is 3. The Hall–Kier alpha value is -4.15. The molecule has 1 saturated heterocycles. The molecule has 36 heavy (non-hydrogen) atoms. The Labute approximate surface area is 212 Å². The van der Waals surface area contributed by atoms with Gasteiger partial charge < -0.3 is 14.4 Å². The molecule has 180 valence electrons. The number of imide groups is 1. The van der Waals surface area contributed by atoms with Crippen molar-refractivity contribution in [3.8, 4) is 11.5 Å². The molecule has 0 spiro atoms. The summed E-state index contributed by atoms with van der Waals surface area (Å²) in [6.07, 6.45) is 0. The number of non-ortho nitro benzene ring substituents is 1. The molecule has 0 aliphatic carbocycles. The van der Waals surface area contributed by atoms with Gasteiger partial charge in [-0.25, -0.2) is 0 Å². The lowest BCUT2D eigenvalue weighted by atomic mass is 9.86. The quantitative estimate of drug-likeness (QED) is 0.214. The number of anilines is 1. The Morgan fingerprint density at radius 1 is 0.806 bits per heavy atom. The molecule has 12 heteroatoms. The van der Waals surface area contributed by atoms with E-state index in [4.69, 9.17) is 32.7 Å². The molecule has 3 aromatic carbocycles. The van der Waals surface area contributed by atoms with Gasteiger partial charge in [-0.3, -0.25) is 29.4 Å². The SMILES string of the molecule is O=C1c2ccc([N+](=O)[O-])cc2C(=O)N1[C@H]1C(=O)N(c2ccc(Cl)c(Cl)c2)[C@H]1c1ccc2c(c1)OCO2. The van der Waals surface area contributed by atoms with Crippen molar-refractivity contribution in [3.05, 3.63) is 91.4 Å². The fourth-order valence-electron chi connectivity index (χ4n) is 4.69. The van der Waals surface area contributed by atoms with Crippen LogP contribution in [0.25, 0.3) is 0 Å². The third-order valence-corrected chi connectivity index (χ3v) is 7.12. The van der Waals surface area contributed by atoms with E-state index < -0.39 is 34.7 Å². The second kappa shape index (κ2) is 7.94. The lowest BCUT2D eigenvalue weighted by Crippen LogP contribution is -2.67. The summed E-state index contributed by atoms with van der Waals surface area (Å²) in [7, 11) is 0. The first-order valence-corrected chi connectivity index (χ1v) is 11.4. The summed E-state index contributed by atoms with van der Waals surface area (Å²) in [5, 5.41) is 11.7. The molecule has 6 rings (SSSR count). The molecule has 1 fully saturated rings. The van der Waals surface area contributed by atoms with Crippen LogP contribution in [-0.4, -0.2) is 40.4 Å². The minimum absolute atomic E-state index is 0.00387. The molecular weight excluding hydrogens is 513 g/mol. The van der Waals surface area contributed by atoms with Gasteiger partial charge in [-0.05, 0) is 42.0 Å². The molecule has 0 saturated carbocycles. The number of nitro groups is 1. The summed E-state index contributed by atoms with van der Waals surface area (Å²) in [5.41, 5.74) is 0.537. The first-order chi connectivity index (χ1) is 17.3. The Bertz CT molecular complexity index is 1530. The summed E-state index contributed by atoms with van der Waals surface area (Å²) in [6, 6.07) is 11.2. The van der Waals surface area contributed by atoms with E-state index in [-0.39, 0.29) is 28.6 Å². The molecular formula is C24H13Cl2N3O7. The van der Waals surface area contributed by atoms with Gasteiger partial charge in [-0.2, -0.15) is 0 Å². The van der Waals surface area contributed by atoms with E-state index in [0.717, 1.165) is 17.0 Å². The Balaban J connectivity index is 1.44. The number of amides is 3. The molecule has 3 aliphatic rings. The van der Waals surface area contributed by atoms with Crippen molar-refractivity contribution in [2.45, 2.75) is 12.1 Å². The summed E-state index contributed by atoms with van der Waals surface area (Å²) >= 11 is 12.2. The number of hydrogen-bond acceptors (Lipinski definition) is 7. The van der Waals surface area contributed by atoms with E-state index in [1.807, 2.05) is 0 Å². The Morgan fingerprint density at radius 3 is 2.31 bits per heavy atom. The number of nitrogens with zero attached hydrogens (tertiary/aromatic N) is 3. The number of rotatable bonds is 4. The smallest absolute Gasteiger partial charge is 0.270 e. The second-order valence-corrected chi connectivity index (χ2v) is 9.09. The molecule has 2 atom stereocenters. The molecule has 0 N–H and O–H groups in total. The zero-order valence-corrected chi connectivity index (χ0v) is 19.5. The number of nitro benzene ring substituents is 1. The van der Waals surface area contributed by atoms with Crippen LogP contribution >= 0.6 is 23.2 Å². The number of carbonyl (C=O) groups is 3. The van der Waals surface area contributed by atoms with Gasteiger partial charge in [0, 0.05) is 17.8 Å². The average molecular weight is 526 g/mol. The van der Waals surface area contributed by atoms with E-state index in [0.29, 0.717) is 27.8 Å². The third-order valence-electron chi connectivity index (χ3n) is 6.38. The van der Waals surface area contributed by atoms with Crippen molar-refractivity contribution in [1.82, 2.24) is 4.90 Å². The minimum atomic E-state index is -1.20. The third kappa shape index (κ3) is 3.15. The number of hydrogen-bond donors (Lipinski definition) is 0. The molecule has 3 aliphatic heterocycles. The van der Waals surface area contributed by atoms with Crippen LogP contribution in [0.4, 0.5) is 11.4 Å². The monoisotopic (exact) mass is 525 g/mol. The first-order valence-electron chi connectivity index (χ1n) is 10.6. The van der Waals surface area contributed by atoms with Crippen molar-refractivity contribution in [2.75, 3.05) is 11.7 Å². The van der Waals surface area contributed by atoms with Crippen LogP contribution in [0.5, 0.6) is 11.5 Å². The topological polar surface area (TPSA) is 119 Å². The van der Waals surface area contributed by atoms with E-state index in [9.17, 15) is 24.5 Å². The molecule has 0 unspecified atom stereocenters. The van der Waals surface area contributed by atoms with Gasteiger partial charge in [0.05, 0.1) is 32.1 Å². The highest BCUT2D eigenvalue weighted by Gasteiger charge is 2.57. The molecule has 3 amide bonds. The second-order valence-electron chi connectivity index (χ2n) is 8.28. The largest absolute Gasteiger partial charge is 0.454 e. The lowest BCUT2D eigenvalue weighted by Gasteiger charge is -2.49. The maximum absolute atomic E-state index is 13.5. The van der Waals surface area contributed by atoms with Gasteiger partial charge in [0.15, 0.2) is 11.5 Å². The van der Waals surface area contributed by atoms with Crippen molar-refractivity contribution >= 4 is 52.3 Å². The number of fused-ring (bicyclic) bond motifs is 2.